The highest BCUT2D eigenvalue weighted by Gasteiger charge is 2.16. The van der Waals surface area contributed by atoms with E-state index < -0.39 is 24.5 Å². The zero-order valence-corrected chi connectivity index (χ0v) is 16.3. The molecular formula is C20H21ClN2O5. The van der Waals surface area contributed by atoms with E-state index in [0.29, 0.717) is 10.8 Å². The Hall–Kier alpha value is -3.06. The van der Waals surface area contributed by atoms with Crippen molar-refractivity contribution in [3.63, 3.8) is 0 Å². The van der Waals surface area contributed by atoms with Crippen molar-refractivity contribution in [3.05, 3.63) is 64.7 Å². The minimum absolute atomic E-state index is 0.125. The number of rotatable bonds is 7. The van der Waals surface area contributed by atoms with Gasteiger partial charge in [-0.1, -0.05) is 35.9 Å². The van der Waals surface area contributed by atoms with Crippen LogP contribution < -0.4 is 15.4 Å². The van der Waals surface area contributed by atoms with E-state index in [0.717, 1.165) is 5.56 Å². The van der Waals surface area contributed by atoms with Crippen LogP contribution in [0.25, 0.3) is 0 Å². The summed E-state index contributed by atoms with van der Waals surface area (Å²) in [4.78, 5) is 35.5. The van der Waals surface area contributed by atoms with Crippen LogP contribution in [0.15, 0.2) is 48.5 Å². The zero-order chi connectivity index (χ0) is 20.5. The van der Waals surface area contributed by atoms with Crippen LogP contribution in [0, 0.1) is 0 Å². The molecule has 0 aromatic heterocycles. The normalized spacial score (nSPS) is 10.3. The Morgan fingerprint density at radius 2 is 1.71 bits per heavy atom. The van der Waals surface area contributed by atoms with Crippen LogP contribution in [0.4, 0.5) is 4.79 Å². The topological polar surface area (TPSA) is 93.7 Å². The smallest absolute Gasteiger partial charge is 0.342 e. The average molecular weight is 405 g/mol. The third kappa shape index (κ3) is 6.92. The van der Waals surface area contributed by atoms with Crippen LogP contribution in [0.1, 0.15) is 29.8 Å². The molecule has 3 amide bonds. The molecular weight excluding hydrogens is 384 g/mol. The van der Waals surface area contributed by atoms with Crippen LogP contribution in [0.2, 0.25) is 5.02 Å². The Morgan fingerprint density at radius 1 is 1.04 bits per heavy atom. The summed E-state index contributed by atoms with van der Waals surface area (Å²) in [5, 5.41) is 5.19. The Labute approximate surface area is 168 Å². The predicted molar refractivity (Wildman–Crippen MR) is 104 cm³/mol. The fourth-order valence-electron chi connectivity index (χ4n) is 2.17. The number of carbonyl (C=O) groups excluding carboxylic acids is 3. The van der Waals surface area contributed by atoms with Gasteiger partial charge < -0.3 is 14.8 Å². The lowest BCUT2D eigenvalue weighted by molar-refractivity contribution is -0.123. The van der Waals surface area contributed by atoms with Crippen LogP contribution in [-0.4, -0.2) is 30.6 Å². The molecule has 0 aliphatic rings. The molecule has 0 atom stereocenters. The van der Waals surface area contributed by atoms with Gasteiger partial charge in [0.25, 0.3) is 5.91 Å². The number of benzene rings is 2. The highest BCUT2D eigenvalue weighted by Crippen LogP contribution is 2.21. The van der Waals surface area contributed by atoms with Gasteiger partial charge in [0.05, 0.1) is 0 Å². The largest absolute Gasteiger partial charge is 0.488 e. The molecule has 7 nitrogen and oxygen atoms in total. The Morgan fingerprint density at radius 3 is 2.39 bits per heavy atom. The summed E-state index contributed by atoms with van der Waals surface area (Å²) < 4.78 is 10.7. The van der Waals surface area contributed by atoms with Gasteiger partial charge in [-0.05, 0) is 43.7 Å². The zero-order valence-electron chi connectivity index (χ0n) is 15.5. The number of imide groups is 1. The van der Waals surface area contributed by atoms with Crippen molar-refractivity contribution in [2.75, 3.05) is 6.61 Å². The highest BCUT2D eigenvalue weighted by atomic mass is 35.5. The minimum Gasteiger partial charge on any atom is -0.488 e. The first-order valence-corrected chi connectivity index (χ1v) is 8.96. The van der Waals surface area contributed by atoms with Crippen molar-refractivity contribution in [3.8, 4) is 5.75 Å². The van der Waals surface area contributed by atoms with E-state index in [1.807, 2.05) is 12.1 Å². The minimum atomic E-state index is -0.730. The molecule has 0 heterocycles. The van der Waals surface area contributed by atoms with Gasteiger partial charge in [-0.3, -0.25) is 10.1 Å². The molecule has 0 aliphatic heterocycles. The predicted octanol–water partition coefficient (Wildman–Crippen LogP) is 3.31. The van der Waals surface area contributed by atoms with Crippen LogP contribution >= 0.6 is 11.6 Å². The second-order valence-corrected chi connectivity index (χ2v) is 6.60. The molecule has 0 bridgehead atoms. The van der Waals surface area contributed by atoms with Gasteiger partial charge in [0.2, 0.25) is 0 Å². The monoisotopic (exact) mass is 404 g/mol. The number of hydrogen-bond acceptors (Lipinski definition) is 5. The van der Waals surface area contributed by atoms with E-state index in [1.165, 1.54) is 6.07 Å². The molecule has 0 unspecified atom stereocenters. The summed E-state index contributed by atoms with van der Waals surface area (Å²) in [5.74, 6) is -1.14. The van der Waals surface area contributed by atoms with Crippen molar-refractivity contribution < 1.29 is 23.9 Å². The molecule has 2 aromatic carbocycles. The highest BCUT2D eigenvalue weighted by molar-refractivity contribution is 6.30. The SMILES string of the molecule is CC(C)NC(=O)NC(=O)COC(=O)c1ccccc1OCc1ccc(Cl)cc1. The maximum atomic E-state index is 12.3. The van der Waals surface area contributed by atoms with Crippen molar-refractivity contribution in [1.29, 1.82) is 0 Å². The van der Waals surface area contributed by atoms with Gasteiger partial charge >= 0.3 is 12.0 Å². The van der Waals surface area contributed by atoms with E-state index in [4.69, 9.17) is 21.1 Å². The summed E-state index contributed by atoms with van der Waals surface area (Å²) in [6.45, 7) is 3.16. The third-order valence-electron chi connectivity index (χ3n) is 3.42. The number of halogens is 1. The molecule has 28 heavy (non-hydrogen) atoms. The van der Waals surface area contributed by atoms with Crippen molar-refractivity contribution in [2.45, 2.75) is 26.5 Å². The van der Waals surface area contributed by atoms with Gasteiger partial charge in [0, 0.05) is 11.1 Å². The number of carbonyl (C=O) groups is 3. The molecule has 0 fully saturated rings. The second kappa shape index (κ2) is 10.3. The van der Waals surface area contributed by atoms with Crippen molar-refractivity contribution >= 4 is 29.5 Å². The summed E-state index contributed by atoms with van der Waals surface area (Å²) >= 11 is 5.85. The Bertz CT molecular complexity index is 837. The van der Waals surface area contributed by atoms with E-state index >= 15 is 0 Å². The maximum absolute atomic E-state index is 12.3. The molecule has 148 valence electrons. The lowest BCUT2D eigenvalue weighted by Crippen LogP contribution is -2.44. The van der Waals surface area contributed by atoms with E-state index in [2.05, 4.69) is 10.6 Å². The molecule has 0 saturated carbocycles. The van der Waals surface area contributed by atoms with Gasteiger partial charge in [-0.15, -0.1) is 0 Å². The van der Waals surface area contributed by atoms with E-state index in [1.54, 1.807) is 44.2 Å². The molecule has 0 saturated heterocycles. The third-order valence-corrected chi connectivity index (χ3v) is 3.67. The molecule has 0 aliphatic carbocycles. The summed E-state index contributed by atoms with van der Waals surface area (Å²) in [5.41, 5.74) is 1.05. The number of urea groups is 1. The molecule has 2 N–H and O–H groups in total. The lowest BCUT2D eigenvalue weighted by atomic mass is 10.2. The second-order valence-electron chi connectivity index (χ2n) is 6.16. The van der Waals surface area contributed by atoms with Crippen LogP contribution in [0.5, 0.6) is 5.75 Å². The van der Waals surface area contributed by atoms with Gasteiger partial charge in [0.1, 0.15) is 17.9 Å². The molecule has 2 rings (SSSR count). The average Bonchev–Trinajstić information content (AvgIpc) is 2.65. The first kappa shape index (κ1) is 21.2. The summed E-state index contributed by atoms with van der Waals surface area (Å²) in [6, 6.07) is 12.9. The molecule has 2 aromatic rings. The fraction of sp³-hybridized carbons (Fsp3) is 0.250. The molecule has 0 spiro atoms. The maximum Gasteiger partial charge on any atom is 0.342 e. The summed E-state index contributed by atoms with van der Waals surface area (Å²) in [6.07, 6.45) is 0. The molecule has 8 heteroatoms. The standard InChI is InChI=1S/C20H21ClN2O5/c1-13(2)22-20(26)23-18(24)12-28-19(25)16-5-3-4-6-17(16)27-11-14-7-9-15(21)10-8-14/h3-10,13H,11-12H2,1-2H3,(H2,22,23,24,26). The fourth-order valence-corrected chi connectivity index (χ4v) is 2.30. The van der Waals surface area contributed by atoms with Crippen molar-refractivity contribution in [1.82, 2.24) is 10.6 Å². The first-order valence-electron chi connectivity index (χ1n) is 8.59. The number of ether oxygens (including phenoxy) is 2. The number of esters is 1. The Kier molecular flexibility index (Phi) is 7.83. The van der Waals surface area contributed by atoms with Crippen LogP contribution in [0.3, 0.4) is 0 Å². The first-order chi connectivity index (χ1) is 13.3. The Balaban J connectivity index is 1.91. The summed E-state index contributed by atoms with van der Waals surface area (Å²) in [7, 11) is 0. The van der Waals surface area contributed by atoms with Crippen molar-refractivity contribution in [2.24, 2.45) is 0 Å². The number of para-hydroxylation sites is 1. The number of nitrogens with one attached hydrogen (secondary N) is 2. The lowest BCUT2D eigenvalue weighted by Gasteiger charge is -2.12. The van der Waals surface area contributed by atoms with E-state index in [-0.39, 0.29) is 18.2 Å². The quantitative estimate of drug-likeness (QED) is 0.690. The van der Waals surface area contributed by atoms with Gasteiger partial charge in [-0.2, -0.15) is 0 Å². The number of hydrogen-bond donors (Lipinski definition) is 2. The van der Waals surface area contributed by atoms with Gasteiger partial charge in [-0.25, -0.2) is 9.59 Å². The molecule has 0 radical (unpaired) electrons. The van der Waals surface area contributed by atoms with Crippen LogP contribution in [-0.2, 0) is 16.1 Å². The van der Waals surface area contributed by atoms with Gasteiger partial charge in [0.15, 0.2) is 6.61 Å². The van der Waals surface area contributed by atoms with E-state index in [9.17, 15) is 14.4 Å². The number of amides is 3.